The molecule has 1 aliphatic heterocycles. The van der Waals surface area contributed by atoms with Crippen molar-refractivity contribution in [2.75, 3.05) is 13.0 Å². The molecule has 8 heteroatoms. The summed E-state index contributed by atoms with van der Waals surface area (Å²) in [7, 11) is 0. The minimum atomic E-state index is -4.87. The maximum Gasteiger partial charge on any atom is 1.00 e. The monoisotopic (exact) mass is 248 g/mol. The molecule has 1 unspecified atom stereocenters. The summed E-state index contributed by atoms with van der Waals surface area (Å²) in [6.45, 7) is -4.55. The SMILES string of the molecule is NC(=O)C1CCCCN1C[B-](F)(F)F.[K+]. The average Bonchev–Trinajstić information content (AvgIpc) is 2.01. The summed E-state index contributed by atoms with van der Waals surface area (Å²) in [5.74, 6) is -0.648. The number of primary amides is 1. The van der Waals surface area contributed by atoms with E-state index in [1.54, 1.807) is 0 Å². The smallest absolute Gasteiger partial charge is 0.448 e. The molecule has 0 aromatic rings. The van der Waals surface area contributed by atoms with Crippen LogP contribution in [0.5, 0.6) is 0 Å². The minimum absolute atomic E-state index is 0. The number of carbonyl (C=O) groups is 1. The molecule has 1 atom stereocenters. The van der Waals surface area contributed by atoms with Crippen molar-refractivity contribution in [2.45, 2.75) is 25.3 Å². The Kier molecular flexibility index (Phi) is 7.01. The predicted octanol–water partition coefficient (Wildman–Crippen LogP) is -2.28. The van der Waals surface area contributed by atoms with Crippen molar-refractivity contribution in [3.63, 3.8) is 0 Å². The summed E-state index contributed by atoms with van der Waals surface area (Å²) >= 11 is 0. The molecule has 0 aromatic carbocycles. The van der Waals surface area contributed by atoms with E-state index >= 15 is 0 Å². The number of likely N-dealkylation sites (tertiary alicyclic amines) is 1. The van der Waals surface area contributed by atoms with Crippen LogP contribution in [-0.2, 0) is 4.79 Å². The summed E-state index contributed by atoms with van der Waals surface area (Å²) in [6.07, 6.45) is 0.944. The fourth-order valence-corrected chi connectivity index (χ4v) is 1.80. The number of rotatable bonds is 3. The molecule has 1 heterocycles. The van der Waals surface area contributed by atoms with Crippen molar-refractivity contribution < 1.29 is 69.1 Å². The van der Waals surface area contributed by atoms with Gasteiger partial charge in [-0.25, -0.2) is 0 Å². The van der Waals surface area contributed by atoms with Gasteiger partial charge in [-0.3, -0.25) is 4.79 Å². The van der Waals surface area contributed by atoms with Gasteiger partial charge in [-0.1, -0.05) is 6.42 Å². The molecule has 1 fully saturated rings. The second kappa shape index (κ2) is 6.61. The number of hydrogen-bond acceptors (Lipinski definition) is 2. The van der Waals surface area contributed by atoms with Crippen molar-refractivity contribution in [3.8, 4) is 0 Å². The van der Waals surface area contributed by atoms with Crippen molar-refractivity contribution in [3.05, 3.63) is 0 Å². The molecule has 0 aliphatic carbocycles. The van der Waals surface area contributed by atoms with Gasteiger partial charge in [-0.05, 0) is 25.8 Å². The van der Waals surface area contributed by atoms with E-state index in [0.29, 0.717) is 19.4 Å². The molecule has 1 aliphatic rings. The first-order chi connectivity index (χ1) is 6.40. The van der Waals surface area contributed by atoms with E-state index < -0.39 is 25.4 Å². The van der Waals surface area contributed by atoms with Crippen molar-refractivity contribution in [2.24, 2.45) is 5.73 Å². The molecule has 0 bridgehead atoms. The van der Waals surface area contributed by atoms with Gasteiger partial charge in [0.15, 0.2) is 0 Å². The van der Waals surface area contributed by atoms with Crippen LogP contribution in [0, 0.1) is 0 Å². The molecule has 0 aromatic heterocycles. The van der Waals surface area contributed by atoms with Crippen LogP contribution in [0.4, 0.5) is 12.9 Å². The standard InChI is InChI=1S/C7H13BF3N2O.K/c9-8(10,11)5-13-4-2-1-3-6(13)7(12)14;/h6H,1-5H2,(H2,12,14);/q-1;+1. The Morgan fingerprint density at radius 1 is 1.40 bits per heavy atom. The van der Waals surface area contributed by atoms with E-state index in [1.807, 2.05) is 0 Å². The number of amides is 1. The Morgan fingerprint density at radius 3 is 2.47 bits per heavy atom. The zero-order valence-corrected chi connectivity index (χ0v) is 11.9. The zero-order valence-electron chi connectivity index (χ0n) is 8.76. The molecule has 15 heavy (non-hydrogen) atoms. The van der Waals surface area contributed by atoms with Gasteiger partial charge in [0, 0.05) is 0 Å². The molecule has 0 saturated carbocycles. The average molecular weight is 248 g/mol. The maximum atomic E-state index is 12.1. The number of halogens is 3. The molecule has 82 valence electrons. The second-order valence-electron chi connectivity index (χ2n) is 3.62. The van der Waals surface area contributed by atoms with Gasteiger partial charge >= 0.3 is 58.4 Å². The van der Waals surface area contributed by atoms with Crippen LogP contribution in [0.2, 0.25) is 0 Å². The largest absolute Gasteiger partial charge is 1.00 e. The third-order valence-corrected chi connectivity index (χ3v) is 2.38. The molecular formula is C7H13BF3KN2O. The molecule has 3 nitrogen and oxygen atoms in total. The van der Waals surface area contributed by atoms with Gasteiger partial charge < -0.3 is 23.6 Å². The fraction of sp³-hybridized carbons (Fsp3) is 0.857. The van der Waals surface area contributed by atoms with Crippen molar-refractivity contribution >= 4 is 12.9 Å². The third kappa shape index (κ3) is 5.69. The van der Waals surface area contributed by atoms with E-state index in [2.05, 4.69) is 0 Å². The number of hydrogen-bond donors (Lipinski definition) is 1. The quantitative estimate of drug-likeness (QED) is 0.572. The first-order valence-electron chi connectivity index (χ1n) is 4.64. The van der Waals surface area contributed by atoms with E-state index in [0.717, 1.165) is 11.3 Å². The Morgan fingerprint density at radius 2 is 2.00 bits per heavy atom. The number of carbonyl (C=O) groups excluding carboxylic acids is 1. The number of nitrogens with zero attached hydrogens (tertiary/aromatic N) is 1. The van der Waals surface area contributed by atoms with Crippen LogP contribution >= 0.6 is 0 Å². The number of piperidine rings is 1. The Labute approximate surface area is 129 Å². The molecule has 0 radical (unpaired) electrons. The van der Waals surface area contributed by atoms with Gasteiger partial charge in [0.1, 0.15) is 0 Å². The predicted molar refractivity (Wildman–Crippen MR) is 47.5 cm³/mol. The molecular weight excluding hydrogens is 235 g/mol. The van der Waals surface area contributed by atoms with Crippen LogP contribution in [0.1, 0.15) is 19.3 Å². The van der Waals surface area contributed by atoms with Crippen LogP contribution in [0.25, 0.3) is 0 Å². The fourth-order valence-electron chi connectivity index (χ4n) is 1.80. The third-order valence-electron chi connectivity index (χ3n) is 2.38. The van der Waals surface area contributed by atoms with E-state index in [1.165, 1.54) is 0 Å². The van der Waals surface area contributed by atoms with E-state index in [-0.39, 0.29) is 51.4 Å². The summed E-state index contributed by atoms with van der Waals surface area (Å²) < 4.78 is 36.4. The van der Waals surface area contributed by atoms with Gasteiger partial charge in [0.2, 0.25) is 5.91 Å². The van der Waals surface area contributed by atoms with Gasteiger partial charge in [0.25, 0.3) is 0 Å². The van der Waals surface area contributed by atoms with E-state index in [9.17, 15) is 17.7 Å². The Balaban J connectivity index is 0.00000196. The van der Waals surface area contributed by atoms with Gasteiger partial charge in [-0.2, -0.15) is 0 Å². The zero-order chi connectivity index (χ0) is 10.8. The van der Waals surface area contributed by atoms with Crippen molar-refractivity contribution in [1.82, 2.24) is 4.90 Å². The topological polar surface area (TPSA) is 46.3 Å². The maximum absolute atomic E-state index is 12.1. The molecule has 1 amide bonds. The van der Waals surface area contributed by atoms with Crippen LogP contribution < -0.4 is 57.1 Å². The second-order valence-corrected chi connectivity index (χ2v) is 3.62. The summed E-state index contributed by atoms with van der Waals surface area (Å²) in [5, 5.41) is 0. The summed E-state index contributed by atoms with van der Waals surface area (Å²) in [5.41, 5.74) is 5.04. The van der Waals surface area contributed by atoms with Crippen LogP contribution in [0.15, 0.2) is 0 Å². The number of nitrogens with two attached hydrogens (primary N) is 1. The molecule has 1 saturated heterocycles. The van der Waals surface area contributed by atoms with Crippen molar-refractivity contribution in [1.29, 1.82) is 0 Å². The summed E-state index contributed by atoms with van der Waals surface area (Å²) in [6, 6.07) is -0.729. The first kappa shape index (κ1) is 15.9. The molecule has 0 spiro atoms. The first-order valence-corrected chi connectivity index (χ1v) is 4.64. The van der Waals surface area contributed by atoms with Crippen LogP contribution in [0.3, 0.4) is 0 Å². The molecule has 1 rings (SSSR count). The Bertz CT molecular complexity index is 227. The van der Waals surface area contributed by atoms with Crippen LogP contribution in [-0.4, -0.2) is 36.8 Å². The summed E-state index contributed by atoms with van der Waals surface area (Å²) in [4.78, 5) is 12.0. The van der Waals surface area contributed by atoms with Gasteiger partial charge in [-0.15, -0.1) is 0 Å². The normalized spacial score (nSPS) is 23.3. The van der Waals surface area contributed by atoms with E-state index in [4.69, 9.17) is 5.73 Å². The molecule has 2 N–H and O–H groups in total. The Hall–Kier alpha value is 0.921. The van der Waals surface area contributed by atoms with Gasteiger partial charge in [0.05, 0.1) is 6.04 Å². The minimum Gasteiger partial charge on any atom is -0.448 e.